The van der Waals surface area contributed by atoms with Crippen molar-refractivity contribution in [3.63, 3.8) is 0 Å². The molecule has 8 aromatic carbocycles. The van der Waals surface area contributed by atoms with Crippen LogP contribution in [0.1, 0.15) is 22.3 Å². The molecule has 0 saturated carbocycles. The summed E-state index contributed by atoms with van der Waals surface area (Å²) >= 11 is 0. The predicted molar refractivity (Wildman–Crippen MR) is 237 cm³/mol. The van der Waals surface area contributed by atoms with Gasteiger partial charge in [-0.1, -0.05) is 115 Å². The predicted octanol–water partition coefficient (Wildman–Crippen LogP) is 14.9. The summed E-state index contributed by atoms with van der Waals surface area (Å²) in [6.07, 6.45) is -4.81. The second kappa shape index (κ2) is 13.9. The summed E-state index contributed by atoms with van der Waals surface area (Å²) in [5.41, 5.74) is 9.16. The molecule has 0 spiro atoms. The van der Waals surface area contributed by atoms with Gasteiger partial charge in [-0.05, 0) is 95.8 Å². The minimum absolute atomic E-state index is 0.151. The molecule has 4 nitrogen and oxygen atoms in total. The number of hydrogen-bond donors (Lipinski definition) is 0. The van der Waals surface area contributed by atoms with Gasteiger partial charge < -0.3 is 9.13 Å². The summed E-state index contributed by atoms with van der Waals surface area (Å²) < 4.78 is 50.3. The Morgan fingerprint density at radius 2 is 0.983 bits per heavy atom. The Morgan fingerprint density at radius 1 is 0.517 bits per heavy atom. The van der Waals surface area contributed by atoms with Crippen LogP contribution in [0.4, 0.5) is 18.9 Å². The zero-order valence-corrected chi connectivity index (χ0v) is 32.5. The molecule has 0 aliphatic heterocycles. The first-order chi connectivity index (χ1) is 29.2. The number of aryl methyl sites for hydroxylation is 2. The van der Waals surface area contributed by atoms with E-state index in [4.69, 9.17) is 6.57 Å². The number of rotatable bonds is 5. The maximum Gasteiger partial charge on any atom is 0.415 e. The van der Waals surface area contributed by atoms with Crippen molar-refractivity contribution in [1.29, 1.82) is 5.26 Å². The fourth-order valence-electron chi connectivity index (χ4n) is 9.01. The van der Waals surface area contributed by atoms with Crippen molar-refractivity contribution >= 4 is 49.3 Å². The number of para-hydroxylation sites is 2. The minimum atomic E-state index is -4.81. The summed E-state index contributed by atoms with van der Waals surface area (Å²) in [4.78, 5) is 3.73. The molecule has 0 atom stereocenters. The van der Waals surface area contributed by atoms with Crippen LogP contribution >= 0.6 is 0 Å². The van der Waals surface area contributed by atoms with Gasteiger partial charge in [0, 0.05) is 32.7 Å². The molecule has 0 bridgehead atoms. The molecule has 0 unspecified atom stereocenters. The monoisotopic (exact) mass is 782 g/mol. The standard InChI is InChI=1S/C53H33F3N4/c1-32-13-4-6-15-37(32)35-23-25-47-41(29-35)39-17-8-10-21-45(39)59(47)49-27-34(31-57)28-50(52(49)51-43(53(54,55)56)19-12-20-44(51)58-3)60-46-22-11-9-18-40(46)42-30-36(24-26-48(42)60)38-16-7-5-14-33(38)2/h4-30H,1-2H3. The van der Waals surface area contributed by atoms with Crippen LogP contribution in [-0.2, 0) is 6.18 Å². The summed E-state index contributed by atoms with van der Waals surface area (Å²) in [5.74, 6) is 0. The van der Waals surface area contributed by atoms with Crippen LogP contribution in [0.15, 0.2) is 164 Å². The maximum absolute atomic E-state index is 15.5. The first kappa shape index (κ1) is 36.5. The van der Waals surface area contributed by atoms with E-state index < -0.39 is 11.7 Å². The van der Waals surface area contributed by atoms with E-state index in [0.29, 0.717) is 11.4 Å². The Bertz CT molecular complexity index is 3300. The molecule has 286 valence electrons. The first-order valence-electron chi connectivity index (χ1n) is 19.5. The number of fused-ring (bicyclic) bond motifs is 6. The zero-order valence-electron chi connectivity index (χ0n) is 32.5. The lowest BCUT2D eigenvalue weighted by molar-refractivity contribution is -0.137. The van der Waals surface area contributed by atoms with E-state index in [2.05, 4.69) is 61.2 Å². The van der Waals surface area contributed by atoms with Crippen LogP contribution in [-0.4, -0.2) is 9.13 Å². The number of benzene rings is 8. The lowest BCUT2D eigenvalue weighted by Gasteiger charge is -2.24. The summed E-state index contributed by atoms with van der Waals surface area (Å²) in [6, 6.07) is 53.6. The fourth-order valence-corrected chi connectivity index (χ4v) is 9.01. The molecule has 0 N–H and O–H groups in total. The van der Waals surface area contributed by atoms with E-state index in [0.717, 1.165) is 83.1 Å². The van der Waals surface area contributed by atoms with Gasteiger partial charge in [0.2, 0.25) is 0 Å². The normalized spacial score (nSPS) is 11.7. The molecule has 10 rings (SSSR count). The van der Waals surface area contributed by atoms with Crippen molar-refractivity contribution in [2.45, 2.75) is 20.0 Å². The third-order valence-electron chi connectivity index (χ3n) is 11.7. The molecular formula is C53H33F3N4. The molecule has 2 heterocycles. The SMILES string of the molecule is [C-]#[N+]c1cccc(C(F)(F)F)c1-c1c(-n2c3ccccc3c3cc(-c4ccccc4C)ccc32)cc(C#N)cc1-n1c2ccccc2c2cc(-c3ccccc3C)ccc21. The largest absolute Gasteiger partial charge is 0.415 e. The number of halogens is 3. The third-order valence-corrected chi connectivity index (χ3v) is 11.7. The molecule has 0 saturated heterocycles. The Labute approximate surface area is 344 Å². The minimum Gasteiger partial charge on any atom is -0.309 e. The van der Waals surface area contributed by atoms with E-state index >= 15 is 13.2 Å². The molecule has 0 fully saturated rings. The van der Waals surface area contributed by atoms with E-state index in [1.54, 1.807) is 12.1 Å². The fraction of sp³-hybridized carbons (Fsp3) is 0.0566. The molecular weight excluding hydrogens is 750 g/mol. The lowest BCUT2D eigenvalue weighted by Crippen LogP contribution is -2.11. The van der Waals surface area contributed by atoms with Crippen molar-refractivity contribution in [2.24, 2.45) is 0 Å². The molecule has 0 aliphatic rings. The average Bonchev–Trinajstić information content (AvgIpc) is 3.77. The van der Waals surface area contributed by atoms with Crippen molar-refractivity contribution in [1.82, 2.24) is 9.13 Å². The topological polar surface area (TPSA) is 38.0 Å². The molecule has 60 heavy (non-hydrogen) atoms. The summed E-state index contributed by atoms with van der Waals surface area (Å²) in [6.45, 7) is 12.4. The Hall–Kier alpha value is -7.87. The quantitative estimate of drug-likeness (QED) is 0.160. The molecule has 0 aliphatic carbocycles. The smallest absolute Gasteiger partial charge is 0.309 e. The van der Waals surface area contributed by atoms with Crippen LogP contribution in [0.3, 0.4) is 0 Å². The molecule has 0 radical (unpaired) electrons. The van der Waals surface area contributed by atoms with Crippen molar-refractivity contribution < 1.29 is 13.2 Å². The summed E-state index contributed by atoms with van der Waals surface area (Å²) in [5, 5.41) is 14.4. The Balaban J connectivity index is 1.38. The van der Waals surface area contributed by atoms with Gasteiger partial charge in [-0.15, -0.1) is 0 Å². The number of nitrogens with zero attached hydrogens (tertiary/aromatic N) is 4. The van der Waals surface area contributed by atoms with E-state index in [1.165, 1.54) is 12.1 Å². The van der Waals surface area contributed by atoms with E-state index in [9.17, 15) is 5.26 Å². The lowest BCUT2D eigenvalue weighted by atomic mass is 9.92. The molecule has 7 heteroatoms. The van der Waals surface area contributed by atoms with Gasteiger partial charge in [0.15, 0.2) is 5.69 Å². The van der Waals surface area contributed by atoms with Gasteiger partial charge in [0.1, 0.15) is 0 Å². The highest BCUT2D eigenvalue weighted by Crippen LogP contribution is 2.50. The van der Waals surface area contributed by atoms with Gasteiger partial charge in [-0.3, -0.25) is 0 Å². The second-order valence-corrected chi connectivity index (χ2v) is 15.1. The maximum atomic E-state index is 15.5. The van der Waals surface area contributed by atoms with Gasteiger partial charge >= 0.3 is 6.18 Å². The number of nitriles is 1. The van der Waals surface area contributed by atoms with E-state index in [-0.39, 0.29) is 22.4 Å². The number of aromatic nitrogens is 2. The van der Waals surface area contributed by atoms with Crippen molar-refractivity contribution in [2.75, 3.05) is 0 Å². The van der Waals surface area contributed by atoms with E-state index in [1.807, 2.05) is 106 Å². The van der Waals surface area contributed by atoms with Gasteiger partial charge in [0.25, 0.3) is 0 Å². The van der Waals surface area contributed by atoms with Gasteiger partial charge in [0.05, 0.1) is 57.2 Å². The highest BCUT2D eigenvalue weighted by atomic mass is 19.4. The van der Waals surface area contributed by atoms with Crippen LogP contribution in [0, 0.1) is 31.8 Å². The molecule has 0 amide bonds. The Kier molecular flexibility index (Phi) is 8.45. The molecule has 10 aromatic rings. The summed E-state index contributed by atoms with van der Waals surface area (Å²) in [7, 11) is 0. The first-order valence-corrected chi connectivity index (χ1v) is 19.5. The molecule has 2 aromatic heterocycles. The van der Waals surface area contributed by atoms with Crippen LogP contribution in [0.2, 0.25) is 0 Å². The van der Waals surface area contributed by atoms with Crippen molar-refractivity contribution in [3.05, 3.63) is 197 Å². The highest BCUT2D eigenvalue weighted by Gasteiger charge is 2.37. The average molecular weight is 783 g/mol. The van der Waals surface area contributed by atoms with Crippen LogP contribution in [0.5, 0.6) is 0 Å². The number of hydrogen-bond acceptors (Lipinski definition) is 1. The third kappa shape index (κ3) is 5.67. The zero-order chi connectivity index (χ0) is 41.3. The number of alkyl halides is 3. The van der Waals surface area contributed by atoms with Gasteiger partial charge in [-0.2, -0.15) is 18.4 Å². The van der Waals surface area contributed by atoms with Crippen LogP contribution < -0.4 is 0 Å². The van der Waals surface area contributed by atoms with Crippen LogP contribution in [0.25, 0.3) is 93.2 Å². The Morgan fingerprint density at radius 3 is 1.45 bits per heavy atom. The second-order valence-electron chi connectivity index (χ2n) is 15.1. The van der Waals surface area contributed by atoms with Crippen molar-refractivity contribution in [3.8, 4) is 50.8 Å². The highest BCUT2D eigenvalue weighted by molar-refractivity contribution is 6.13. The van der Waals surface area contributed by atoms with Gasteiger partial charge in [-0.25, -0.2) is 4.85 Å².